The summed E-state index contributed by atoms with van der Waals surface area (Å²) in [5.41, 5.74) is 0. The quantitative estimate of drug-likeness (QED) is 0.639. The van der Waals surface area contributed by atoms with Crippen molar-refractivity contribution in [1.29, 1.82) is 0 Å². The molecule has 3 atom stereocenters. The third-order valence-corrected chi connectivity index (χ3v) is 4.44. The van der Waals surface area contributed by atoms with Crippen molar-refractivity contribution in [1.82, 2.24) is 4.90 Å². The predicted molar refractivity (Wildman–Crippen MR) is 66.0 cm³/mol. The molecular formula is C14H25N. The van der Waals surface area contributed by atoms with Crippen LogP contribution in [0.3, 0.4) is 0 Å². The molecule has 0 amide bonds. The van der Waals surface area contributed by atoms with Crippen LogP contribution in [0.25, 0.3) is 0 Å². The normalized spacial score (nSPS) is 37.3. The highest BCUT2D eigenvalue weighted by Gasteiger charge is 2.36. The van der Waals surface area contributed by atoms with Crippen molar-refractivity contribution in [2.24, 2.45) is 5.92 Å². The van der Waals surface area contributed by atoms with Gasteiger partial charge in [0, 0.05) is 12.1 Å². The first kappa shape index (κ1) is 11.2. The maximum atomic E-state index is 3.90. The Balaban J connectivity index is 2.04. The highest BCUT2D eigenvalue weighted by atomic mass is 15.2. The summed E-state index contributed by atoms with van der Waals surface area (Å²) in [5.74, 6) is 0.978. The first-order chi connectivity index (χ1) is 7.36. The summed E-state index contributed by atoms with van der Waals surface area (Å²) in [6.07, 6.45) is 11.9. The Labute approximate surface area is 94.5 Å². The van der Waals surface area contributed by atoms with E-state index in [2.05, 4.69) is 24.5 Å². The highest BCUT2D eigenvalue weighted by molar-refractivity contribution is 4.94. The average Bonchev–Trinajstić information content (AvgIpc) is 2.30. The van der Waals surface area contributed by atoms with Gasteiger partial charge in [-0.3, -0.25) is 4.90 Å². The predicted octanol–water partition coefficient (Wildman–Crippen LogP) is 3.61. The second kappa shape index (κ2) is 5.16. The van der Waals surface area contributed by atoms with Gasteiger partial charge < -0.3 is 0 Å². The number of piperidine rings is 2. The third kappa shape index (κ3) is 2.28. The number of nitrogens with zero attached hydrogens (tertiary/aromatic N) is 1. The fourth-order valence-electron chi connectivity index (χ4n) is 3.63. The molecule has 1 heteroatoms. The van der Waals surface area contributed by atoms with Crippen molar-refractivity contribution in [3.8, 4) is 0 Å². The van der Waals surface area contributed by atoms with E-state index >= 15 is 0 Å². The molecule has 0 aromatic carbocycles. The minimum absolute atomic E-state index is 0.815. The second-order valence-electron chi connectivity index (χ2n) is 5.22. The Morgan fingerprint density at radius 3 is 2.87 bits per heavy atom. The van der Waals surface area contributed by atoms with Gasteiger partial charge in [-0.2, -0.15) is 0 Å². The van der Waals surface area contributed by atoms with Crippen molar-refractivity contribution in [2.75, 3.05) is 6.54 Å². The first-order valence-electron chi connectivity index (χ1n) is 6.73. The molecule has 0 N–H and O–H groups in total. The summed E-state index contributed by atoms with van der Waals surface area (Å²) in [5, 5.41) is 0. The van der Waals surface area contributed by atoms with E-state index in [-0.39, 0.29) is 0 Å². The molecule has 2 rings (SSSR count). The maximum absolute atomic E-state index is 3.90. The Kier molecular flexibility index (Phi) is 3.85. The lowest BCUT2D eigenvalue weighted by Crippen LogP contribution is -2.52. The molecule has 0 spiro atoms. The topological polar surface area (TPSA) is 3.24 Å². The number of rotatable bonds is 3. The summed E-state index contributed by atoms with van der Waals surface area (Å²) >= 11 is 0. The lowest BCUT2D eigenvalue weighted by atomic mass is 9.78. The number of hydrogen-bond acceptors (Lipinski definition) is 1. The van der Waals surface area contributed by atoms with E-state index in [1.165, 1.54) is 51.5 Å². The molecule has 2 aliphatic heterocycles. The van der Waals surface area contributed by atoms with Crippen LogP contribution < -0.4 is 0 Å². The molecule has 0 aromatic rings. The van der Waals surface area contributed by atoms with Gasteiger partial charge in [0.1, 0.15) is 0 Å². The molecule has 15 heavy (non-hydrogen) atoms. The Hall–Kier alpha value is -0.300. The van der Waals surface area contributed by atoms with Gasteiger partial charge in [0.15, 0.2) is 0 Å². The molecule has 0 unspecified atom stereocenters. The lowest BCUT2D eigenvalue weighted by Gasteiger charge is -2.49. The van der Waals surface area contributed by atoms with Crippen LogP contribution in [-0.2, 0) is 0 Å². The van der Waals surface area contributed by atoms with Crippen molar-refractivity contribution in [3.63, 3.8) is 0 Å². The fraction of sp³-hybridized carbons (Fsp3) is 0.857. The summed E-state index contributed by atoms with van der Waals surface area (Å²) in [6, 6.07) is 1.72. The van der Waals surface area contributed by atoms with E-state index in [1.807, 2.05) is 0 Å². The van der Waals surface area contributed by atoms with Gasteiger partial charge in [0.05, 0.1) is 0 Å². The molecular weight excluding hydrogens is 182 g/mol. The van der Waals surface area contributed by atoms with Crippen LogP contribution in [0.4, 0.5) is 0 Å². The van der Waals surface area contributed by atoms with Crippen molar-refractivity contribution >= 4 is 0 Å². The van der Waals surface area contributed by atoms with Crippen LogP contribution in [0.2, 0.25) is 0 Å². The highest BCUT2D eigenvalue weighted by Crippen LogP contribution is 2.36. The van der Waals surface area contributed by atoms with Crippen LogP contribution in [-0.4, -0.2) is 23.5 Å². The zero-order valence-electron chi connectivity index (χ0n) is 10.1. The fourth-order valence-corrected chi connectivity index (χ4v) is 3.63. The molecule has 1 nitrogen and oxygen atoms in total. The van der Waals surface area contributed by atoms with E-state index in [0.29, 0.717) is 0 Å². The van der Waals surface area contributed by atoms with E-state index < -0.39 is 0 Å². The van der Waals surface area contributed by atoms with Gasteiger partial charge in [-0.05, 0) is 44.6 Å². The van der Waals surface area contributed by atoms with Crippen molar-refractivity contribution in [3.05, 3.63) is 12.7 Å². The van der Waals surface area contributed by atoms with Gasteiger partial charge in [-0.1, -0.05) is 25.8 Å². The Bertz CT molecular complexity index is 211. The van der Waals surface area contributed by atoms with Crippen molar-refractivity contribution < 1.29 is 0 Å². The van der Waals surface area contributed by atoms with Crippen LogP contribution in [0.1, 0.15) is 51.9 Å². The second-order valence-corrected chi connectivity index (χ2v) is 5.22. The lowest BCUT2D eigenvalue weighted by molar-refractivity contribution is 0.0118. The average molecular weight is 207 g/mol. The van der Waals surface area contributed by atoms with Crippen LogP contribution in [0.5, 0.6) is 0 Å². The molecule has 2 saturated heterocycles. The van der Waals surface area contributed by atoms with E-state index in [0.717, 1.165) is 18.0 Å². The van der Waals surface area contributed by atoms with Gasteiger partial charge >= 0.3 is 0 Å². The standard InChI is InChI=1S/C14H25N/c1-3-7-13-10-9-12(4-2)14-8-5-6-11-15(13)14/h3,12-14H,1,4-11H2,2H3/t12-,13+,14+/m0/s1. The first-order valence-corrected chi connectivity index (χ1v) is 6.73. The van der Waals surface area contributed by atoms with Crippen LogP contribution >= 0.6 is 0 Å². The maximum Gasteiger partial charge on any atom is 0.0133 e. The smallest absolute Gasteiger partial charge is 0.0133 e. The Morgan fingerprint density at radius 1 is 1.27 bits per heavy atom. The van der Waals surface area contributed by atoms with Gasteiger partial charge in [-0.25, -0.2) is 0 Å². The molecule has 2 aliphatic rings. The van der Waals surface area contributed by atoms with E-state index in [9.17, 15) is 0 Å². The zero-order chi connectivity index (χ0) is 10.7. The van der Waals surface area contributed by atoms with Gasteiger partial charge in [-0.15, -0.1) is 6.58 Å². The van der Waals surface area contributed by atoms with Crippen LogP contribution in [0, 0.1) is 5.92 Å². The molecule has 86 valence electrons. The van der Waals surface area contributed by atoms with Crippen LogP contribution in [0.15, 0.2) is 12.7 Å². The molecule has 0 radical (unpaired) electrons. The van der Waals surface area contributed by atoms with Gasteiger partial charge in [0.25, 0.3) is 0 Å². The SMILES string of the molecule is C=CC[C@@H]1CC[C@H](CC)[C@H]2CCCCN12. The van der Waals surface area contributed by atoms with E-state index in [4.69, 9.17) is 0 Å². The minimum atomic E-state index is 0.815. The molecule has 0 saturated carbocycles. The largest absolute Gasteiger partial charge is 0.297 e. The summed E-state index contributed by atoms with van der Waals surface area (Å²) < 4.78 is 0. The molecule has 0 aliphatic carbocycles. The Morgan fingerprint density at radius 2 is 2.13 bits per heavy atom. The third-order valence-electron chi connectivity index (χ3n) is 4.44. The van der Waals surface area contributed by atoms with Crippen molar-refractivity contribution in [2.45, 2.75) is 64.0 Å². The summed E-state index contributed by atoms with van der Waals surface area (Å²) in [4.78, 5) is 2.81. The minimum Gasteiger partial charge on any atom is -0.297 e. The van der Waals surface area contributed by atoms with E-state index in [1.54, 1.807) is 0 Å². The summed E-state index contributed by atoms with van der Waals surface area (Å²) in [6.45, 7) is 7.62. The summed E-state index contributed by atoms with van der Waals surface area (Å²) in [7, 11) is 0. The molecule has 0 aromatic heterocycles. The zero-order valence-corrected chi connectivity index (χ0v) is 10.1. The number of hydrogen-bond donors (Lipinski definition) is 0. The van der Waals surface area contributed by atoms with Gasteiger partial charge in [0.2, 0.25) is 0 Å². The molecule has 2 fully saturated rings. The number of fused-ring (bicyclic) bond motifs is 1. The monoisotopic (exact) mass is 207 g/mol. The molecule has 0 bridgehead atoms. The molecule has 2 heterocycles.